The van der Waals surface area contributed by atoms with Crippen molar-refractivity contribution >= 4 is 5.82 Å². The maximum Gasteiger partial charge on any atom is 0.248 e. The van der Waals surface area contributed by atoms with Crippen LogP contribution < -0.4 is 16.0 Å². The number of aromatic nitrogens is 2. The Hall–Kier alpha value is -3.02. The lowest BCUT2D eigenvalue weighted by atomic mass is 10.0. The van der Waals surface area contributed by atoms with Crippen LogP contribution in [0, 0.1) is 0 Å². The number of H-pyrrole nitrogens is 1. The summed E-state index contributed by atoms with van der Waals surface area (Å²) in [6, 6.07) is 10.5. The number of anilines is 1. The van der Waals surface area contributed by atoms with E-state index in [1.54, 1.807) is 19.4 Å². The molecule has 0 amide bonds. The minimum atomic E-state index is -0.219. The zero-order valence-corrected chi connectivity index (χ0v) is 11.3. The van der Waals surface area contributed by atoms with Gasteiger partial charge < -0.3 is 20.0 Å². The SMILES string of the molecule is COc1ccc(-c2c(N)noc2-c2cc[nH]c(=O)c2)cc1. The van der Waals surface area contributed by atoms with Crippen LogP contribution in [0.25, 0.3) is 22.5 Å². The van der Waals surface area contributed by atoms with Crippen LogP contribution in [-0.2, 0) is 0 Å². The Kier molecular flexibility index (Phi) is 3.19. The molecule has 0 radical (unpaired) electrons. The minimum absolute atomic E-state index is 0.219. The Morgan fingerprint density at radius 1 is 1.19 bits per heavy atom. The predicted molar refractivity (Wildman–Crippen MR) is 79.0 cm³/mol. The van der Waals surface area contributed by atoms with Crippen molar-refractivity contribution in [1.82, 2.24) is 10.1 Å². The Morgan fingerprint density at radius 2 is 1.95 bits per heavy atom. The van der Waals surface area contributed by atoms with E-state index in [0.717, 1.165) is 11.3 Å². The highest BCUT2D eigenvalue weighted by atomic mass is 16.5. The van der Waals surface area contributed by atoms with Crippen molar-refractivity contribution in [3.63, 3.8) is 0 Å². The molecule has 0 unspecified atom stereocenters. The number of rotatable bonds is 3. The van der Waals surface area contributed by atoms with Crippen LogP contribution >= 0.6 is 0 Å². The highest BCUT2D eigenvalue weighted by Crippen LogP contribution is 2.36. The highest BCUT2D eigenvalue weighted by Gasteiger charge is 2.17. The summed E-state index contributed by atoms with van der Waals surface area (Å²) in [5, 5.41) is 3.80. The van der Waals surface area contributed by atoms with E-state index in [4.69, 9.17) is 15.0 Å². The molecule has 0 saturated heterocycles. The van der Waals surface area contributed by atoms with E-state index in [0.29, 0.717) is 16.9 Å². The number of nitrogen functional groups attached to an aromatic ring is 1. The van der Waals surface area contributed by atoms with Gasteiger partial charge in [0, 0.05) is 17.8 Å². The first-order valence-electron chi connectivity index (χ1n) is 6.27. The molecule has 1 aromatic carbocycles. The summed E-state index contributed by atoms with van der Waals surface area (Å²) in [6.07, 6.45) is 1.55. The number of nitrogens with one attached hydrogen (secondary N) is 1. The van der Waals surface area contributed by atoms with Crippen molar-refractivity contribution in [3.8, 4) is 28.2 Å². The first-order chi connectivity index (χ1) is 10.2. The summed E-state index contributed by atoms with van der Waals surface area (Å²) < 4.78 is 10.4. The van der Waals surface area contributed by atoms with Gasteiger partial charge in [-0.1, -0.05) is 17.3 Å². The van der Waals surface area contributed by atoms with E-state index in [1.807, 2.05) is 24.3 Å². The number of hydrogen-bond acceptors (Lipinski definition) is 5. The summed E-state index contributed by atoms with van der Waals surface area (Å²) >= 11 is 0. The topological polar surface area (TPSA) is 94.1 Å². The summed E-state index contributed by atoms with van der Waals surface area (Å²) in [6.45, 7) is 0. The molecule has 21 heavy (non-hydrogen) atoms. The molecule has 0 aliphatic heterocycles. The van der Waals surface area contributed by atoms with Crippen molar-refractivity contribution in [2.24, 2.45) is 0 Å². The van der Waals surface area contributed by atoms with E-state index in [1.165, 1.54) is 6.07 Å². The molecule has 0 bridgehead atoms. The standard InChI is InChI=1S/C15H13N3O3/c1-20-11-4-2-9(3-5-11)13-14(21-18-15(13)16)10-6-7-17-12(19)8-10/h2-8H,1H3,(H2,16,18)(H,17,19). The quantitative estimate of drug-likeness (QED) is 0.769. The van der Waals surface area contributed by atoms with Crippen LogP contribution in [0.2, 0.25) is 0 Å². The van der Waals surface area contributed by atoms with Crippen LogP contribution in [0.4, 0.5) is 5.82 Å². The number of hydrogen-bond donors (Lipinski definition) is 2. The summed E-state index contributed by atoms with van der Waals surface area (Å²) in [5.74, 6) is 1.48. The van der Waals surface area contributed by atoms with Gasteiger partial charge >= 0.3 is 0 Å². The number of nitrogens with zero attached hydrogens (tertiary/aromatic N) is 1. The highest BCUT2D eigenvalue weighted by molar-refractivity contribution is 5.86. The van der Waals surface area contributed by atoms with E-state index in [9.17, 15) is 4.79 Å². The molecule has 3 rings (SSSR count). The average Bonchev–Trinajstić information content (AvgIpc) is 2.89. The molecule has 0 atom stereocenters. The largest absolute Gasteiger partial charge is 0.497 e. The molecule has 6 heteroatoms. The van der Waals surface area contributed by atoms with Crippen LogP contribution in [0.5, 0.6) is 5.75 Å². The molecular weight excluding hydrogens is 270 g/mol. The molecule has 6 nitrogen and oxygen atoms in total. The maximum atomic E-state index is 11.4. The lowest BCUT2D eigenvalue weighted by Gasteiger charge is -2.04. The van der Waals surface area contributed by atoms with Gasteiger partial charge in [0.1, 0.15) is 5.75 Å². The third kappa shape index (κ3) is 2.38. The number of pyridine rings is 1. The van der Waals surface area contributed by atoms with Gasteiger partial charge in [-0.25, -0.2) is 0 Å². The van der Waals surface area contributed by atoms with Gasteiger partial charge in [0.2, 0.25) is 5.56 Å². The molecule has 106 valence electrons. The Balaban J connectivity index is 2.14. The Labute approximate surface area is 120 Å². The van der Waals surface area contributed by atoms with Crippen molar-refractivity contribution in [3.05, 3.63) is 52.9 Å². The summed E-state index contributed by atoms with van der Waals surface area (Å²) in [5.41, 5.74) is 7.79. The van der Waals surface area contributed by atoms with Crippen molar-refractivity contribution < 1.29 is 9.26 Å². The average molecular weight is 283 g/mol. The van der Waals surface area contributed by atoms with Crippen molar-refractivity contribution in [1.29, 1.82) is 0 Å². The predicted octanol–water partition coefficient (Wildman–Crippen LogP) is 2.29. The molecular formula is C15H13N3O3. The second kappa shape index (κ2) is 5.16. The Morgan fingerprint density at radius 3 is 2.62 bits per heavy atom. The number of benzene rings is 1. The van der Waals surface area contributed by atoms with Crippen molar-refractivity contribution in [2.45, 2.75) is 0 Å². The van der Waals surface area contributed by atoms with Crippen LogP contribution in [-0.4, -0.2) is 17.3 Å². The second-order valence-electron chi connectivity index (χ2n) is 4.44. The lowest BCUT2D eigenvalue weighted by molar-refractivity contribution is 0.415. The van der Waals surface area contributed by atoms with Gasteiger partial charge in [-0.15, -0.1) is 0 Å². The molecule has 0 saturated carbocycles. The number of ether oxygens (including phenoxy) is 1. The first kappa shape index (κ1) is 13.0. The molecule has 0 spiro atoms. The zero-order valence-electron chi connectivity index (χ0n) is 11.3. The normalized spacial score (nSPS) is 10.5. The van der Waals surface area contributed by atoms with Gasteiger partial charge in [-0.3, -0.25) is 4.79 Å². The first-order valence-corrected chi connectivity index (χ1v) is 6.27. The monoisotopic (exact) mass is 283 g/mol. The van der Waals surface area contributed by atoms with E-state index >= 15 is 0 Å². The third-order valence-corrected chi connectivity index (χ3v) is 3.13. The maximum absolute atomic E-state index is 11.4. The fourth-order valence-electron chi connectivity index (χ4n) is 2.12. The van der Waals surface area contributed by atoms with Crippen LogP contribution in [0.15, 0.2) is 51.9 Å². The molecule has 0 fully saturated rings. The van der Waals surface area contributed by atoms with Crippen LogP contribution in [0.3, 0.4) is 0 Å². The lowest BCUT2D eigenvalue weighted by Crippen LogP contribution is -2.02. The van der Waals surface area contributed by atoms with Gasteiger partial charge in [0.15, 0.2) is 11.6 Å². The van der Waals surface area contributed by atoms with Crippen molar-refractivity contribution in [2.75, 3.05) is 12.8 Å². The summed E-state index contributed by atoms with van der Waals surface area (Å²) in [4.78, 5) is 14.0. The molecule has 0 aliphatic rings. The smallest absolute Gasteiger partial charge is 0.248 e. The van der Waals surface area contributed by atoms with E-state index < -0.39 is 0 Å². The molecule has 0 aliphatic carbocycles. The fraction of sp³-hybridized carbons (Fsp3) is 0.0667. The number of methoxy groups -OCH3 is 1. The fourth-order valence-corrected chi connectivity index (χ4v) is 2.12. The van der Waals surface area contributed by atoms with Gasteiger partial charge in [-0.2, -0.15) is 0 Å². The van der Waals surface area contributed by atoms with E-state index in [2.05, 4.69) is 10.1 Å². The zero-order chi connectivity index (χ0) is 14.8. The minimum Gasteiger partial charge on any atom is -0.497 e. The molecule has 2 aromatic heterocycles. The third-order valence-electron chi connectivity index (χ3n) is 3.13. The van der Waals surface area contributed by atoms with Crippen LogP contribution in [0.1, 0.15) is 0 Å². The van der Waals surface area contributed by atoms with Gasteiger partial charge in [0.25, 0.3) is 0 Å². The number of nitrogens with two attached hydrogens (primary N) is 1. The van der Waals surface area contributed by atoms with Gasteiger partial charge in [0.05, 0.1) is 12.7 Å². The number of aromatic amines is 1. The molecule has 3 N–H and O–H groups in total. The molecule has 3 aromatic rings. The second-order valence-corrected chi connectivity index (χ2v) is 4.44. The molecule has 2 heterocycles. The summed E-state index contributed by atoms with van der Waals surface area (Å²) in [7, 11) is 1.60. The Bertz CT molecular complexity index is 819. The van der Waals surface area contributed by atoms with Gasteiger partial charge in [-0.05, 0) is 23.8 Å². The van der Waals surface area contributed by atoms with E-state index in [-0.39, 0.29) is 11.4 Å².